The molecule has 0 N–H and O–H groups in total. The van der Waals surface area contributed by atoms with Crippen LogP contribution in [0, 0.1) is 0 Å². The monoisotopic (exact) mass is 354 g/mol. The van der Waals surface area contributed by atoms with Gasteiger partial charge in [-0.1, -0.05) is 95.8 Å². The first kappa shape index (κ1) is 21.0. The van der Waals surface area contributed by atoms with E-state index in [-0.39, 0.29) is 5.75 Å². The molecule has 0 unspecified atom stereocenters. The molecule has 0 saturated heterocycles. The molecule has 0 radical (unpaired) electrons. The molecular formula is C20H34O3S. The predicted molar refractivity (Wildman–Crippen MR) is 102 cm³/mol. The third-order valence-electron chi connectivity index (χ3n) is 4.21. The van der Waals surface area contributed by atoms with E-state index < -0.39 is 10.1 Å². The number of para-hydroxylation sites is 1. The van der Waals surface area contributed by atoms with Crippen LogP contribution in [0.4, 0.5) is 0 Å². The van der Waals surface area contributed by atoms with Gasteiger partial charge < -0.3 is 4.18 Å². The average Bonchev–Trinajstić information content (AvgIpc) is 2.56. The summed E-state index contributed by atoms with van der Waals surface area (Å²) in [6, 6.07) is 8.72. The van der Waals surface area contributed by atoms with Crippen molar-refractivity contribution in [2.75, 3.05) is 5.75 Å². The van der Waals surface area contributed by atoms with Crippen LogP contribution in [0.3, 0.4) is 0 Å². The minimum Gasteiger partial charge on any atom is -0.382 e. The van der Waals surface area contributed by atoms with Gasteiger partial charge in [0.15, 0.2) is 0 Å². The van der Waals surface area contributed by atoms with E-state index in [1.54, 1.807) is 24.3 Å². The van der Waals surface area contributed by atoms with Crippen molar-refractivity contribution in [2.24, 2.45) is 0 Å². The van der Waals surface area contributed by atoms with E-state index in [0.717, 1.165) is 12.8 Å². The van der Waals surface area contributed by atoms with Gasteiger partial charge in [0.25, 0.3) is 0 Å². The van der Waals surface area contributed by atoms with E-state index in [1.807, 2.05) is 6.07 Å². The predicted octanol–water partition coefficient (Wildman–Crippen LogP) is 6.10. The quantitative estimate of drug-likeness (QED) is 0.282. The maximum atomic E-state index is 11.9. The molecule has 0 heterocycles. The van der Waals surface area contributed by atoms with Crippen LogP contribution < -0.4 is 4.18 Å². The highest BCUT2D eigenvalue weighted by Gasteiger charge is 2.11. The van der Waals surface area contributed by atoms with Crippen LogP contribution in [0.15, 0.2) is 30.3 Å². The molecule has 24 heavy (non-hydrogen) atoms. The lowest BCUT2D eigenvalue weighted by atomic mass is 10.1. The van der Waals surface area contributed by atoms with Crippen molar-refractivity contribution < 1.29 is 12.6 Å². The average molecular weight is 355 g/mol. The Kier molecular flexibility index (Phi) is 11.6. The lowest BCUT2D eigenvalue weighted by Gasteiger charge is -2.06. The summed E-state index contributed by atoms with van der Waals surface area (Å²) in [4.78, 5) is 0. The molecule has 1 aromatic carbocycles. The molecule has 0 aliphatic rings. The second-order valence-corrected chi connectivity index (χ2v) is 8.24. The first-order valence-electron chi connectivity index (χ1n) is 9.61. The van der Waals surface area contributed by atoms with Crippen LogP contribution >= 0.6 is 0 Å². The van der Waals surface area contributed by atoms with Gasteiger partial charge in [-0.05, 0) is 18.6 Å². The van der Waals surface area contributed by atoms with Crippen LogP contribution in [-0.2, 0) is 10.1 Å². The van der Waals surface area contributed by atoms with Gasteiger partial charge in [0.05, 0.1) is 5.75 Å². The molecule has 0 spiro atoms. The third-order valence-corrected chi connectivity index (χ3v) is 5.45. The number of rotatable bonds is 15. The lowest BCUT2D eigenvalue weighted by Crippen LogP contribution is -2.13. The maximum Gasteiger partial charge on any atom is 0.309 e. The van der Waals surface area contributed by atoms with Crippen LogP contribution in [0.5, 0.6) is 5.75 Å². The summed E-state index contributed by atoms with van der Waals surface area (Å²) in [6.07, 6.45) is 14.8. The maximum absolute atomic E-state index is 11.9. The van der Waals surface area contributed by atoms with E-state index in [1.165, 1.54) is 57.8 Å². The summed E-state index contributed by atoms with van der Waals surface area (Å²) < 4.78 is 28.8. The molecule has 0 aromatic heterocycles. The van der Waals surface area contributed by atoms with Crippen molar-refractivity contribution >= 4 is 10.1 Å². The zero-order valence-electron chi connectivity index (χ0n) is 15.2. The Morgan fingerprint density at radius 1 is 0.708 bits per heavy atom. The molecule has 0 saturated carbocycles. The van der Waals surface area contributed by atoms with Crippen LogP contribution in [0.25, 0.3) is 0 Å². The Morgan fingerprint density at radius 3 is 1.67 bits per heavy atom. The Labute approximate surface area is 148 Å². The SMILES string of the molecule is CCCCCCCCCCCCCCS(=O)(=O)Oc1ccccc1. The van der Waals surface area contributed by atoms with E-state index in [2.05, 4.69) is 6.92 Å². The fraction of sp³-hybridized carbons (Fsp3) is 0.700. The molecule has 4 heteroatoms. The van der Waals surface area contributed by atoms with E-state index >= 15 is 0 Å². The summed E-state index contributed by atoms with van der Waals surface area (Å²) in [5.41, 5.74) is 0. The molecule has 0 atom stereocenters. The van der Waals surface area contributed by atoms with Crippen molar-refractivity contribution in [2.45, 2.75) is 84.0 Å². The first-order valence-corrected chi connectivity index (χ1v) is 11.2. The largest absolute Gasteiger partial charge is 0.382 e. The Bertz CT molecular complexity index is 497. The summed E-state index contributed by atoms with van der Waals surface area (Å²) in [5.74, 6) is 0.510. The van der Waals surface area contributed by atoms with Gasteiger partial charge in [0.2, 0.25) is 0 Å². The zero-order valence-corrected chi connectivity index (χ0v) is 16.0. The molecule has 0 bridgehead atoms. The Morgan fingerprint density at radius 2 is 1.17 bits per heavy atom. The topological polar surface area (TPSA) is 43.4 Å². The number of unbranched alkanes of at least 4 members (excludes halogenated alkanes) is 11. The first-order chi connectivity index (χ1) is 11.6. The number of benzene rings is 1. The van der Waals surface area contributed by atoms with E-state index in [9.17, 15) is 8.42 Å². The fourth-order valence-electron chi connectivity index (χ4n) is 2.78. The molecular weight excluding hydrogens is 320 g/mol. The second kappa shape index (κ2) is 13.3. The summed E-state index contributed by atoms with van der Waals surface area (Å²) in [7, 11) is -3.45. The van der Waals surface area contributed by atoms with Gasteiger partial charge in [0.1, 0.15) is 5.75 Å². The van der Waals surface area contributed by atoms with Crippen molar-refractivity contribution in [3.8, 4) is 5.75 Å². The highest BCUT2D eigenvalue weighted by molar-refractivity contribution is 7.87. The van der Waals surface area contributed by atoms with Crippen molar-refractivity contribution in [3.05, 3.63) is 30.3 Å². The zero-order chi connectivity index (χ0) is 17.5. The molecule has 0 amide bonds. The molecule has 0 aliphatic carbocycles. The summed E-state index contributed by atoms with van der Waals surface area (Å²) >= 11 is 0. The fourth-order valence-corrected chi connectivity index (χ4v) is 3.83. The lowest BCUT2D eigenvalue weighted by molar-refractivity contribution is 0.481. The van der Waals surface area contributed by atoms with Gasteiger partial charge in [0, 0.05) is 0 Å². The molecule has 3 nitrogen and oxygen atoms in total. The number of hydrogen-bond acceptors (Lipinski definition) is 3. The van der Waals surface area contributed by atoms with Crippen LogP contribution in [-0.4, -0.2) is 14.2 Å². The molecule has 0 fully saturated rings. The van der Waals surface area contributed by atoms with Crippen molar-refractivity contribution in [3.63, 3.8) is 0 Å². The van der Waals surface area contributed by atoms with Crippen molar-refractivity contribution in [1.82, 2.24) is 0 Å². The van der Waals surface area contributed by atoms with Gasteiger partial charge in [-0.15, -0.1) is 0 Å². The summed E-state index contributed by atoms with van der Waals surface area (Å²) in [6.45, 7) is 2.25. The van der Waals surface area contributed by atoms with Crippen molar-refractivity contribution in [1.29, 1.82) is 0 Å². The van der Waals surface area contributed by atoms with Gasteiger partial charge in [-0.25, -0.2) is 0 Å². The smallest absolute Gasteiger partial charge is 0.309 e. The van der Waals surface area contributed by atoms with Gasteiger partial charge in [-0.3, -0.25) is 0 Å². The Hall–Kier alpha value is -1.03. The highest BCUT2D eigenvalue weighted by atomic mass is 32.2. The van der Waals surface area contributed by atoms with E-state index in [0.29, 0.717) is 12.2 Å². The molecule has 1 aromatic rings. The van der Waals surface area contributed by atoms with Crippen LogP contribution in [0.1, 0.15) is 84.0 Å². The van der Waals surface area contributed by atoms with Crippen LogP contribution in [0.2, 0.25) is 0 Å². The molecule has 0 aliphatic heterocycles. The summed E-state index contributed by atoms with van der Waals surface area (Å²) in [5, 5.41) is 0. The highest BCUT2D eigenvalue weighted by Crippen LogP contribution is 2.14. The van der Waals surface area contributed by atoms with E-state index in [4.69, 9.17) is 4.18 Å². The third kappa shape index (κ3) is 11.5. The molecule has 138 valence electrons. The normalized spacial score (nSPS) is 11.5. The van der Waals surface area contributed by atoms with Gasteiger partial charge in [-0.2, -0.15) is 8.42 Å². The minimum absolute atomic E-state index is 0.110. The second-order valence-electron chi connectivity index (χ2n) is 6.55. The van der Waals surface area contributed by atoms with Gasteiger partial charge >= 0.3 is 10.1 Å². The Balaban J connectivity index is 1.94. The standard InChI is InChI=1S/C20H34O3S/c1-2-3-4-5-6-7-8-9-10-11-12-16-19-24(21,22)23-20-17-14-13-15-18-20/h13-15,17-18H,2-12,16,19H2,1H3. The number of hydrogen-bond donors (Lipinski definition) is 0. The minimum atomic E-state index is -3.45. The molecule has 1 rings (SSSR count).